The van der Waals surface area contributed by atoms with Crippen LogP contribution in [0.4, 0.5) is 18.9 Å². The fourth-order valence-corrected chi connectivity index (χ4v) is 5.98. The maximum Gasteiger partial charge on any atom is 0.416 e. The van der Waals surface area contributed by atoms with Crippen LogP contribution in [0.5, 0.6) is 0 Å². The molecule has 33 heavy (non-hydrogen) atoms. The van der Waals surface area contributed by atoms with Crippen LogP contribution in [0.15, 0.2) is 74.7 Å². The molecule has 2 aliphatic heterocycles. The van der Waals surface area contributed by atoms with Crippen LogP contribution in [0.1, 0.15) is 11.3 Å². The van der Waals surface area contributed by atoms with E-state index in [1.165, 1.54) is 42.8 Å². The van der Waals surface area contributed by atoms with Crippen molar-refractivity contribution in [1.29, 1.82) is 0 Å². The van der Waals surface area contributed by atoms with Crippen LogP contribution < -0.4 is 9.47 Å². The van der Waals surface area contributed by atoms with Crippen molar-refractivity contribution in [2.24, 2.45) is 7.05 Å². The zero-order valence-corrected chi connectivity index (χ0v) is 19.8. The number of aryl methyl sites for hydroxylation is 1. The Bertz CT molecular complexity index is 1210. The Balaban J connectivity index is 1.75. The number of ether oxygens (including phenoxy) is 1. The van der Waals surface area contributed by atoms with Crippen LogP contribution in [0.25, 0.3) is 6.08 Å². The van der Waals surface area contributed by atoms with Gasteiger partial charge < -0.3 is 14.5 Å². The standard InChI is InChI=1S/C23H21F3N3O2S2/c1-14-21(22-28(3)17-9-8-15(23(24,25)26)11-18(17)32-22)33-19(29(14)13-20(30)31-4)12-16-7-5-6-10-27(16)2/h5-12H,1,13H2,2-4H3/q+1. The minimum atomic E-state index is -4.41. The molecule has 0 atom stereocenters. The Morgan fingerprint density at radius 1 is 1.24 bits per heavy atom. The average molecular weight is 493 g/mol. The molecule has 0 radical (unpaired) electrons. The number of halogens is 3. The number of carbonyl (C=O) groups is 1. The molecule has 5 nitrogen and oxygen atoms in total. The van der Waals surface area contributed by atoms with Gasteiger partial charge in [0.2, 0.25) is 5.69 Å². The first-order valence-electron chi connectivity index (χ1n) is 9.85. The highest BCUT2D eigenvalue weighted by atomic mass is 32.2. The fourth-order valence-electron chi connectivity index (χ4n) is 3.46. The summed E-state index contributed by atoms with van der Waals surface area (Å²) in [6.07, 6.45) is -0.546. The molecule has 2 aliphatic rings. The van der Waals surface area contributed by atoms with Crippen molar-refractivity contribution in [2.45, 2.75) is 11.1 Å². The summed E-state index contributed by atoms with van der Waals surface area (Å²) in [4.78, 5) is 17.0. The number of alkyl halides is 3. The summed E-state index contributed by atoms with van der Waals surface area (Å²) in [7, 11) is 5.05. The number of rotatable bonds is 3. The van der Waals surface area contributed by atoms with E-state index in [4.69, 9.17) is 4.74 Å². The molecule has 0 spiro atoms. The third-order valence-corrected chi connectivity index (χ3v) is 7.82. The first-order chi connectivity index (χ1) is 15.6. The number of anilines is 1. The molecule has 1 aromatic heterocycles. The van der Waals surface area contributed by atoms with Crippen molar-refractivity contribution in [3.63, 3.8) is 0 Å². The molecule has 10 heteroatoms. The number of esters is 1. The van der Waals surface area contributed by atoms with E-state index in [-0.39, 0.29) is 6.54 Å². The van der Waals surface area contributed by atoms with E-state index >= 15 is 0 Å². The van der Waals surface area contributed by atoms with Crippen molar-refractivity contribution in [1.82, 2.24) is 4.90 Å². The lowest BCUT2D eigenvalue weighted by atomic mass is 10.2. The third-order valence-electron chi connectivity index (χ3n) is 5.30. The van der Waals surface area contributed by atoms with Crippen LogP contribution in [-0.2, 0) is 22.8 Å². The highest BCUT2D eigenvalue weighted by Gasteiger charge is 2.37. The van der Waals surface area contributed by atoms with Gasteiger partial charge in [-0.25, -0.2) is 4.57 Å². The molecular formula is C23H21F3N3O2S2+. The van der Waals surface area contributed by atoms with Crippen LogP contribution in [0.2, 0.25) is 0 Å². The molecule has 1 saturated heterocycles. The molecule has 2 aromatic rings. The number of hydrogen-bond donors (Lipinski definition) is 0. The second-order valence-corrected chi connectivity index (χ2v) is 9.47. The SMILES string of the molecule is C=C1C(=C2Sc3cc(C(F)(F)F)ccc3N2C)SC(=Cc2cccc[n+]2C)N1CC(=O)OC. The van der Waals surface area contributed by atoms with Gasteiger partial charge in [-0.3, -0.25) is 4.79 Å². The Kier molecular flexibility index (Phi) is 6.24. The number of carbonyl (C=O) groups excluding carboxylic acids is 1. The van der Waals surface area contributed by atoms with Crippen molar-refractivity contribution in [3.05, 3.63) is 81.1 Å². The number of benzene rings is 1. The average Bonchev–Trinajstić information content (AvgIpc) is 3.25. The third kappa shape index (κ3) is 4.49. The lowest BCUT2D eigenvalue weighted by Gasteiger charge is -2.19. The van der Waals surface area contributed by atoms with E-state index < -0.39 is 17.7 Å². The number of thioether (sulfide) groups is 2. The number of nitrogens with zero attached hydrogens (tertiary/aromatic N) is 3. The number of aromatic nitrogens is 1. The number of pyridine rings is 1. The Labute approximate surface area is 198 Å². The minimum Gasteiger partial charge on any atom is -0.468 e. The molecule has 1 fully saturated rings. The monoisotopic (exact) mass is 492 g/mol. The van der Waals surface area contributed by atoms with E-state index in [0.717, 1.165) is 26.7 Å². The summed E-state index contributed by atoms with van der Waals surface area (Å²) in [6.45, 7) is 4.16. The van der Waals surface area contributed by atoms with Gasteiger partial charge in [0.15, 0.2) is 6.20 Å². The topological polar surface area (TPSA) is 36.7 Å². The molecular weight excluding hydrogens is 471 g/mol. The summed E-state index contributed by atoms with van der Waals surface area (Å²) >= 11 is 2.69. The highest BCUT2D eigenvalue weighted by molar-refractivity contribution is 8.09. The predicted molar refractivity (Wildman–Crippen MR) is 124 cm³/mol. The van der Waals surface area contributed by atoms with Crippen molar-refractivity contribution in [3.8, 4) is 0 Å². The Hall–Kier alpha value is -2.85. The van der Waals surface area contributed by atoms with Gasteiger partial charge in [-0.05, 0) is 24.3 Å². The van der Waals surface area contributed by atoms with Crippen LogP contribution in [0.3, 0.4) is 0 Å². The lowest BCUT2D eigenvalue weighted by molar-refractivity contribution is -0.673. The van der Waals surface area contributed by atoms with E-state index in [1.807, 2.05) is 54.0 Å². The van der Waals surface area contributed by atoms with Gasteiger partial charge in [0, 0.05) is 30.2 Å². The maximum atomic E-state index is 13.2. The van der Waals surface area contributed by atoms with E-state index in [1.54, 1.807) is 4.90 Å². The molecule has 0 amide bonds. The van der Waals surface area contributed by atoms with Crippen molar-refractivity contribution in [2.75, 3.05) is 25.6 Å². The van der Waals surface area contributed by atoms with Gasteiger partial charge in [-0.1, -0.05) is 30.1 Å². The summed E-state index contributed by atoms with van der Waals surface area (Å²) in [5, 5.41) is 1.53. The molecule has 172 valence electrons. The number of hydrogen-bond acceptors (Lipinski definition) is 6. The molecule has 1 aromatic carbocycles. The molecule has 0 saturated carbocycles. The van der Waals surface area contributed by atoms with Gasteiger partial charge in [0.05, 0.1) is 39.0 Å². The van der Waals surface area contributed by atoms with Gasteiger partial charge >= 0.3 is 12.1 Å². The van der Waals surface area contributed by atoms with Crippen molar-refractivity contribution >= 4 is 41.3 Å². The summed E-state index contributed by atoms with van der Waals surface area (Å²) in [5.74, 6) is -0.420. The second kappa shape index (κ2) is 8.83. The number of methoxy groups -OCH3 is 1. The zero-order valence-electron chi connectivity index (χ0n) is 18.1. The first kappa shape index (κ1) is 23.3. The van der Waals surface area contributed by atoms with Crippen molar-refractivity contribution < 1.29 is 27.3 Å². The highest BCUT2D eigenvalue weighted by Crippen LogP contribution is 2.55. The molecule has 4 rings (SSSR count). The van der Waals surface area contributed by atoms with E-state index in [9.17, 15) is 18.0 Å². The minimum absolute atomic E-state index is 0.0267. The van der Waals surface area contributed by atoms with Crippen LogP contribution in [0, 0.1) is 0 Å². The first-order valence-corrected chi connectivity index (χ1v) is 11.5. The van der Waals surface area contributed by atoms with E-state index in [2.05, 4.69) is 6.58 Å². The fraction of sp³-hybridized carbons (Fsp3) is 0.217. The molecule has 0 aliphatic carbocycles. The van der Waals surface area contributed by atoms with Gasteiger partial charge in [-0.2, -0.15) is 13.2 Å². The van der Waals surface area contributed by atoms with Crippen LogP contribution in [-0.4, -0.2) is 31.6 Å². The second-order valence-electron chi connectivity index (χ2n) is 7.41. The van der Waals surface area contributed by atoms with Crippen LogP contribution >= 0.6 is 23.5 Å². The summed E-state index contributed by atoms with van der Waals surface area (Å²) in [5.41, 5.74) is 1.51. The summed E-state index contributed by atoms with van der Waals surface area (Å²) in [6, 6.07) is 9.51. The molecule has 3 heterocycles. The zero-order chi connectivity index (χ0) is 23.9. The number of fused-ring (bicyclic) bond motifs is 1. The Morgan fingerprint density at radius 3 is 2.67 bits per heavy atom. The Morgan fingerprint density at radius 2 is 2.00 bits per heavy atom. The quantitative estimate of drug-likeness (QED) is 0.445. The largest absolute Gasteiger partial charge is 0.468 e. The molecule has 0 bridgehead atoms. The summed E-state index contributed by atoms with van der Waals surface area (Å²) < 4.78 is 46.4. The molecule has 0 unspecified atom stereocenters. The van der Waals surface area contributed by atoms with Gasteiger partial charge in [-0.15, -0.1) is 0 Å². The van der Waals surface area contributed by atoms with E-state index in [0.29, 0.717) is 16.3 Å². The lowest BCUT2D eigenvalue weighted by Crippen LogP contribution is -2.31. The van der Waals surface area contributed by atoms with Gasteiger partial charge in [0.25, 0.3) is 0 Å². The maximum absolute atomic E-state index is 13.2. The predicted octanol–water partition coefficient (Wildman–Crippen LogP) is 4.98. The molecule has 0 N–H and O–H groups in total. The smallest absolute Gasteiger partial charge is 0.416 e. The van der Waals surface area contributed by atoms with Gasteiger partial charge in [0.1, 0.15) is 13.6 Å². The normalized spacial score (nSPS) is 19.5.